The highest BCUT2D eigenvalue weighted by Crippen LogP contribution is 2.39. The lowest BCUT2D eigenvalue weighted by molar-refractivity contribution is 0.359. The summed E-state index contributed by atoms with van der Waals surface area (Å²) < 4.78 is 10.9. The molecule has 1 heterocycles. The van der Waals surface area contributed by atoms with E-state index in [1.165, 1.54) is 0 Å². The van der Waals surface area contributed by atoms with E-state index < -0.39 is 0 Å². The number of hydrazone groups is 1. The molecule has 0 saturated heterocycles. The molecule has 158 valence electrons. The Bertz CT molecular complexity index is 1120. The SMILES string of the molecule is COc1ccc(C2=NN(C(=S)Nc3ccccc3)[C@@H](c3ccccc3O)C2)c(OC)c1. The lowest BCUT2D eigenvalue weighted by atomic mass is 9.97. The summed E-state index contributed by atoms with van der Waals surface area (Å²) >= 11 is 5.69. The van der Waals surface area contributed by atoms with Gasteiger partial charge in [0.1, 0.15) is 17.2 Å². The van der Waals surface area contributed by atoms with Crippen molar-refractivity contribution in [2.45, 2.75) is 12.5 Å². The van der Waals surface area contributed by atoms with Gasteiger partial charge in [-0.05, 0) is 42.5 Å². The fraction of sp³-hybridized carbons (Fsp3) is 0.167. The van der Waals surface area contributed by atoms with Crippen LogP contribution in [0.4, 0.5) is 5.69 Å². The molecule has 1 aliphatic heterocycles. The highest BCUT2D eigenvalue weighted by atomic mass is 32.1. The number of nitrogens with one attached hydrogen (secondary N) is 1. The molecule has 0 aromatic heterocycles. The molecule has 7 heteroatoms. The van der Waals surface area contributed by atoms with Crippen LogP contribution in [0.25, 0.3) is 0 Å². The standard InChI is InChI=1S/C24H23N3O3S/c1-29-17-12-13-18(23(14-17)30-2)20-15-21(19-10-6-7-11-22(19)28)27(26-20)24(31)25-16-8-4-3-5-9-16/h3-14,21,28H,15H2,1-2H3,(H,25,31)/t21-/m1/s1. The van der Waals surface area contributed by atoms with Gasteiger partial charge in [-0.25, -0.2) is 5.01 Å². The summed E-state index contributed by atoms with van der Waals surface area (Å²) in [6.07, 6.45) is 0.552. The molecule has 0 amide bonds. The molecule has 1 atom stereocenters. The zero-order valence-electron chi connectivity index (χ0n) is 17.3. The Morgan fingerprint density at radius 2 is 1.77 bits per heavy atom. The fourth-order valence-electron chi connectivity index (χ4n) is 3.61. The van der Waals surface area contributed by atoms with Gasteiger partial charge in [-0.3, -0.25) is 0 Å². The Balaban J connectivity index is 1.72. The van der Waals surface area contributed by atoms with Gasteiger partial charge in [0.2, 0.25) is 0 Å². The van der Waals surface area contributed by atoms with Gasteiger partial charge in [0.15, 0.2) is 5.11 Å². The maximum absolute atomic E-state index is 10.5. The van der Waals surface area contributed by atoms with Crippen LogP contribution < -0.4 is 14.8 Å². The van der Waals surface area contributed by atoms with Crippen LogP contribution in [0.5, 0.6) is 17.2 Å². The lowest BCUT2D eigenvalue weighted by Crippen LogP contribution is -2.31. The van der Waals surface area contributed by atoms with E-state index in [4.69, 9.17) is 26.8 Å². The molecule has 0 aliphatic carbocycles. The first-order valence-corrected chi connectivity index (χ1v) is 10.2. The van der Waals surface area contributed by atoms with Gasteiger partial charge in [0, 0.05) is 29.3 Å². The summed E-state index contributed by atoms with van der Waals surface area (Å²) in [5, 5.41) is 20.8. The van der Waals surface area contributed by atoms with Gasteiger partial charge in [-0.15, -0.1) is 0 Å². The van der Waals surface area contributed by atoms with Crippen molar-refractivity contribution in [3.8, 4) is 17.2 Å². The van der Waals surface area contributed by atoms with Crippen molar-refractivity contribution in [1.82, 2.24) is 5.01 Å². The number of aromatic hydroxyl groups is 1. The monoisotopic (exact) mass is 433 g/mol. The number of thiocarbonyl (C=S) groups is 1. The van der Waals surface area contributed by atoms with E-state index in [2.05, 4.69) is 5.32 Å². The van der Waals surface area contributed by atoms with Gasteiger partial charge in [0.05, 0.1) is 26.0 Å². The third-order valence-corrected chi connectivity index (χ3v) is 5.45. The smallest absolute Gasteiger partial charge is 0.194 e. The van der Waals surface area contributed by atoms with Crippen molar-refractivity contribution >= 4 is 28.7 Å². The molecule has 0 fully saturated rings. The summed E-state index contributed by atoms with van der Waals surface area (Å²) in [6.45, 7) is 0. The number of para-hydroxylation sites is 2. The lowest BCUT2D eigenvalue weighted by Gasteiger charge is -2.25. The van der Waals surface area contributed by atoms with E-state index in [1.54, 1.807) is 31.4 Å². The van der Waals surface area contributed by atoms with Crippen LogP contribution in [0.2, 0.25) is 0 Å². The van der Waals surface area contributed by atoms with Gasteiger partial charge < -0.3 is 19.9 Å². The normalized spacial score (nSPS) is 15.4. The Morgan fingerprint density at radius 1 is 1.03 bits per heavy atom. The number of ether oxygens (including phenoxy) is 2. The van der Waals surface area contributed by atoms with Gasteiger partial charge in [0.25, 0.3) is 0 Å². The molecule has 2 N–H and O–H groups in total. The van der Waals surface area contributed by atoms with Crippen LogP contribution in [0.3, 0.4) is 0 Å². The van der Waals surface area contributed by atoms with E-state index in [0.717, 1.165) is 22.5 Å². The number of phenolic OH excluding ortho intramolecular Hbond substituents is 1. The number of phenols is 1. The zero-order chi connectivity index (χ0) is 21.8. The average molecular weight is 434 g/mol. The summed E-state index contributed by atoms with van der Waals surface area (Å²) in [7, 11) is 3.23. The molecule has 0 unspecified atom stereocenters. The molecule has 3 aromatic rings. The summed E-state index contributed by atoms with van der Waals surface area (Å²) in [5.74, 6) is 1.57. The molecule has 31 heavy (non-hydrogen) atoms. The van der Waals surface area contributed by atoms with Crippen LogP contribution in [-0.2, 0) is 0 Å². The largest absolute Gasteiger partial charge is 0.508 e. The van der Waals surface area contributed by atoms with E-state index in [1.807, 2.05) is 60.7 Å². The summed E-state index contributed by atoms with van der Waals surface area (Å²) in [6, 6.07) is 22.3. The predicted molar refractivity (Wildman–Crippen MR) is 126 cm³/mol. The Hall–Kier alpha value is -3.58. The topological polar surface area (TPSA) is 66.3 Å². The molecule has 4 rings (SSSR count). The van der Waals surface area contributed by atoms with Gasteiger partial charge in [-0.1, -0.05) is 36.4 Å². The van der Waals surface area contributed by atoms with Gasteiger partial charge >= 0.3 is 0 Å². The number of methoxy groups -OCH3 is 2. The molecule has 0 spiro atoms. The number of rotatable bonds is 5. The zero-order valence-corrected chi connectivity index (χ0v) is 18.1. The Kier molecular flexibility index (Phi) is 6.04. The molecule has 0 radical (unpaired) electrons. The molecule has 0 bridgehead atoms. The minimum Gasteiger partial charge on any atom is -0.508 e. The third kappa shape index (κ3) is 4.32. The van der Waals surface area contributed by atoms with Crippen molar-refractivity contribution in [1.29, 1.82) is 0 Å². The first-order valence-electron chi connectivity index (χ1n) is 9.83. The van der Waals surface area contributed by atoms with E-state index in [9.17, 15) is 5.11 Å². The second-order valence-corrected chi connectivity index (χ2v) is 7.42. The molecular weight excluding hydrogens is 410 g/mol. The first kappa shape index (κ1) is 20.7. The molecule has 1 aliphatic rings. The van der Waals surface area contributed by atoms with Crippen molar-refractivity contribution in [2.75, 3.05) is 19.5 Å². The summed E-state index contributed by atoms with van der Waals surface area (Å²) in [4.78, 5) is 0. The summed E-state index contributed by atoms with van der Waals surface area (Å²) in [5.41, 5.74) is 3.29. The minimum atomic E-state index is -0.258. The first-order chi connectivity index (χ1) is 15.1. The average Bonchev–Trinajstić information content (AvgIpc) is 3.24. The van der Waals surface area contributed by atoms with E-state index in [0.29, 0.717) is 23.0 Å². The van der Waals surface area contributed by atoms with Crippen molar-refractivity contribution in [2.24, 2.45) is 5.10 Å². The minimum absolute atomic E-state index is 0.207. The fourth-order valence-corrected chi connectivity index (χ4v) is 3.90. The molecular formula is C24H23N3O3S. The second kappa shape index (κ2) is 9.06. The highest BCUT2D eigenvalue weighted by Gasteiger charge is 2.34. The number of nitrogens with zero attached hydrogens (tertiary/aromatic N) is 2. The second-order valence-electron chi connectivity index (χ2n) is 7.03. The van der Waals surface area contributed by atoms with E-state index >= 15 is 0 Å². The molecule has 3 aromatic carbocycles. The van der Waals surface area contributed by atoms with Crippen molar-refractivity contribution in [3.63, 3.8) is 0 Å². The van der Waals surface area contributed by atoms with Crippen LogP contribution in [0, 0.1) is 0 Å². The maximum Gasteiger partial charge on any atom is 0.194 e. The number of hydrogen-bond acceptors (Lipinski definition) is 5. The van der Waals surface area contributed by atoms with Gasteiger partial charge in [-0.2, -0.15) is 5.10 Å². The van der Waals surface area contributed by atoms with E-state index in [-0.39, 0.29) is 11.8 Å². The highest BCUT2D eigenvalue weighted by molar-refractivity contribution is 7.80. The van der Waals surface area contributed by atoms with Crippen LogP contribution in [0.1, 0.15) is 23.6 Å². The predicted octanol–water partition coefficient (Wildman–Crippen LogP) is 4.96. The molecule has 6 nitrogen and oxygen atoms in total. The maximum atomic E-state index is 10.5. The number of hydrogen-bond donors (Lipinski definition) is 2. The van der Waals surface area contributed by atoms with Crippen molar-refractivity contribution in [3.05, 3.63) is 83.9 Å². The third-order valence-electron chi connectivity index (χ3n) is 5.16. The van der Waals surface area contributed by atoms with Crippen molar-refractivity contribution < 1.29 is 14.6 Å². The number of benzene rings is 3. The van der Waals surface area contributed by atoms with Crippen LogP contribution in [-0.4, -0.2) is 35.2 Å². The number of anilines is 1. The Labute approximate surface area is 186 Å². The van der Waals surface area contributed by atoms with Crippen LogP contribution in [0.15, 0.2) is 77.9 Å². The quantitative estimate of drug-likeness (QED) is 0.555. The Morgan fingerprint density at radius 3 is 2.48 bits per heavy atom. The van der Waals surface area contributed by atoms with Crippen LogP contribution >= 0.6 is 12.2 Å². The molecule has 0 saturated carbocycles.